The predicted octanol–water partition coefficient (Wildman–Crippen LogP) is 2.94. The zero-order valence-electron chi connectivity index (χ0n) is 8.42. The number of halogens is 1. The Morgan fingerprint density at radius 3 is 2.57 bits per heavy atom. The van der Waals surface area contributed by atoms with E-state index in [4.69, 9.17) is 9.16 Å². The van der Waals surface area contributed by atoms with E-state index in [1.54, 1.807) is 0 Å². The lowest BCUT2D eigenvalue weighted by Gasteiger charge is -2.09. The van der Waals surface area contributed by atoms with Gasteiger partial charge in [0.25, 0.3) is 0 Å². The molecule has 0 saturated heterocycles. The van der Waals surface area contributed by atoms with Crippen LogP contribution < -0.4 is 4.74 Å². The normalized spacial score (nSPS) is 10.6. The van der Waals surface area contributed by atoms with Gasteiger partial charge in [0, 0.05) is 0 Å². The van der Waals surface area contributed by atoms with Crippen LogP contribution in [0.15, 0.2) is 24.3 Å². The predicted molar refractivity (Wildman–Crippen MR) is 68.1 cm³/mol. The van der Waals surface area contributed by atoms with Crippen LogP contribution in [-0.2, 0) is 4.43 Å². The number of benzene rings is 1. The average Bonchev–Trinajstić information content (AvgIpc) is 2.15. The number of rotatable bonds is 5. The Labute approximate surface area is 100 Å². The summed E-state index contributed by atoms with van der Waals surface area (Å²) in [5, 5.41) is 0. The van der Waals surface area contributed by atoms with Gasteiger partial charge in [0.1, 0.15) is 12.4 Å². The van der Waals surface area contributed by atoms with E-state index in [1.807, 2.05) is 24.3 Å². The summed E-state index contributed by atoms with van der Waals surface area (Å²) in [6, 6.07) is 7.99. The van der Waals surface area contributed by atoms with Crippen LogP contribution in [0.3, 0.4) is 0 Å². The van der Waals surface area contributed by atoms with E-state index in [2.05, 4.69) is 35.7 Å². The summed E-state index contributed by atoms with van der Waals surface area (Å²) in [7, 11) is -0.580. The quantitative estimate of drug-likeness (QED) is 0.472. The molecular formula is C10H14IO2Si. The monoisotopic (exact) mass is 321 g/mol. The Hall–Kier alpha value is -0.0731. The molecular weight excluding hydrogens is 307 g/mol. The second-order valence-corrected chi connectivity index (χ2v) is 6.30. The third kappa shape index (κ3) is 4.43. The first-order chi connectivity index (χ1) is 6.70. The first kappa shape index (κ1) is 12.0. The second-order valence-electron chi connectivity index (χ2n) is 3.04. The Bertz CT molecular complexity index is 279. The van der Waals surface area contributed by atoms with Crippen LogP contribution in [0.1, 0.15) is 0 Å². The summed E-state index contributed by atoms with van der Waals surface area (Å²) < 4.78 is 12.2. The molecule has 1 aromatic rings. The van der Waals surface area contributed by atoms with Gasteiger partial charge < -0.3 is 9.16 Å². The highest BCUT2D eigenvalue weighted by Gasteiger charge is 1.99. The lowest BCUT2D eigenvalue weighted by atomic mass is 10.3. The lowest BCUT2D eigenvalue weighted by molar-refractivity contribution is 0.218. The van der Waals surface area contributed by atoms with Gasteiger partial charge in [-0.1, -0.05) is 12.1 Å². The maximum Gasteiger partial charge on any atom is 0.205 e. The largest absolute Gasteiger partial charge is 0.490 e. The fourth-order valence-electron chi connectivity index (χ4n) is 0.959. The zero-order chi connectivity index (χ0) is 10.4. The zero-order valence-corrected chi connectivity index (χ0v) is 11.6. The summed E-state index contributed by atoms with van der Waals surface area (Å²) >= 11 is 2.27. The summed E-state index contributed by atoms with van der Waals surface area (Å²) in [6.07, 6.45) is 0. The SMILES string of the molecule is C[Si](C)OCCOc1ccccc1I. The van der Waals surface area contributed by atoms with Crippen LogP contribution in [0.5, 0.6) is 5.75 Å². The van der Waals surface area contributed by atoms with Crippen molar-refractivity contribution in [1.82, 2.24) is 0 Å². The number of ether oxygens (including phenoxy) is 1. The fourth-order valence-corrected chi connectivity index (χ4v) is 1.99. The van der Waals surface area contributed by atoms with Crippen molar-refractivity contribution in [1.29, 1.82) is 0 Å². The van der Waals surface area contributed by atoms with Gasteiger partial charge in [-0.2, -0.15) is 0 Å². The van der Waals surface area contributed by atoms with Crippen LogP contribution in [0.2, 0.25) is 13.1 Å². The van der Waals surface area contributed by atoms with Crippen molar-refractivity contribution in [3.63, 3.8) is 0 Å². The third-order valence-corrected chi connectivity index (χ3v) is 3.24. The van der Waals surface area contributed by atoms with Gasteiger partial charge in [-0.25, -0.2) is 0 Å². The molecule has 0 spiro atoms. The first-order valence-electron chi connectivity index (χ1n) is 4.50. The molecule has 0 bridgehead atoms. The molecule has 2 nitrogen and oxygen atoms in total. The van der Waals surface area contributed by atoms with E-state index in [9.17, 15) is 0 Å². The molecule has 1 rings (SSSR count). The van der Waals surface area contributed by atoms with Crippen molar-refractivity contribution in [3.8, 4) is 5.75 Å². The van der Waals surface area contributed by atoms with Gasteiger partial charge in [-0.3, -0.25) is 0 Å². The molecule has 1 aromatic carbocycles. The standard InChI is InChI=1S/C10H14IO2Si/c1-14(2)13-8-7-12-10-6-4-3-5-9(10)11/h3-6H,7-8H2,1-2H3. The van der Waals surface area contributed by atoms with Crippen molar-refractivity contribution in [2.45, 2.75) is 13.1 Å². The molecule has 1 radical (unpaired) electrons. The molecule has 0 saturated carbocycles. The maximum atomic E-state index is 5.57. The Morgan fingerprint density at radius 1 is 1.21 bits per heavy atom. The van der Waals surface area contributed by atoms with Crippen molar-refractivity contribution in [2.75, 3.05) is 13.2 Å². The number of hydrogen-bond acceptors (Lipinski definition) is 2. The van der Waals surface area contributed by atoms with E-state index in [0.29, 0.717) is 13.2 Å². The van der Waals surface area contributed by atoms with Crippen LogP contribution in [0.4, 0.5) is 0 Å². The van der Waals surface area contributed by atoms with Crippen LogP contribution in [0, 0.1) is 3.57 Å². The van der Waals surface area contributed by atoms with Crippen molar-refractivity contribution < 1.29 is 9.16 Å². The molecule has 0 aromatic heterocycles. The van der Waals surface area contributed by atoms with E-state index in [0.717, 1.165) is 9.32 Å². The van der Waals surface area contributed by atoms with Gasteiger partial charge in [0.2, 0.25) is 9.04 Å². The van der Waals surface area contributed by atoms with Gasteiger partial charge in [0.05, 0.1) is 10.2 Å². The molecule has 4 heteroatoms. The van der Waals surface area contributed by atoms with Crippen molar-refractivity contribution in [3.05, 3.63) is 27.8 Å². The minimum atomic E-state index is -0.580. The Balaban J connectivity index is 2.28. The molecule has 0 amide bonds. The van der Waals surface area contributed by atoms with E-state index < -0.39 is 9.04 Å². The topological polar surface area (TPSA) is 18.5 Å². The molecule has 0 aliphatic heterocycles. The molecule has 0 fully saturated rings. The summed E-state index contributed by atoms with van der Waals surface area (Å²) in [5.41, 5.74) is 0. The first-order valence-corrected chi connectivity index (χ1v) is 7.99. The maximum absolute atomic E-state index is 5.57. The second kappa shape index (κ2) is 6.42. The van der Waals surface area contributed by atoms with Crippen LogP contribution in [0.25, 0.3) is 0 Å². The summed E-state index contributed by atoms with van der Waals surface area (Å²) in [5.74, 6) is 0.942. The highest BCUT2D eigenvalue weighted by molar-refractivity contribution is 14.1. The molecule has 0 aliphatic carbocycles. The Kier molecular flexibility index (Phi) is 5.50. The molecule has 0 aliphatic rings. The van der Waals surface area contributed by atoms with Gasteiger partial charge in [-0.15, -0.1) is 0 Å². The van der Waals surface area contributed by atoms with Crippen LogP contribution in [-0.4, -0.2) is 22.3 Å². The van der Waals surface area contributed by atoms with E-state index in [-0.39, 0.29) is 0 Å². The van der Waals surface area contributed by atoms with Gasteiger partial charge >= 0.3 is 0 Å². The van der Waals surface area contributed by atoms with E-state index >= 15 is 0 Å². The van der Waals surface area contributed by atoms with Crippen molar-refractivity contribution in [2.24, 2.45) is 0 Å². The summed E-state index contributed by atoms with van der Waals surface area (Å²) in [6.45, 7) is 5.57. The number of hydrogen-bond donors (Lipinski definition) is 0. The molecule has 0 heterocycles. The third-order valence-electron chi connectivity index (χ3n) is 1.57. The van der Waals surface area contributed by atoms with Crippen molar-refractivity contribution >= 4 is 31.6 Å². The molecule has 0 atom stereocenters. The number of para-hydroxylation sites is 1. The Morgan fingerprint density at radius 2 is 1.93 bits per heavy atom. The lowest BCUT2D eigenvalue weighted by Crippen LogP contribution is -2.14. The highest BCUT2D eigenvalue weighted by Crippen LogP contribution is 2.19. The fraction of sp³-hybridized carbons (Fsp3) is 0.400. The van der Waals surface area contributed by atoms with E-state index in [1.165, 1.54) is 0 Å². The molecule has 0 N–H and O–H groups in total. The molecule has 14 heavy (non-hydrogen) atoms. The molecule has 0 unspecified atom stereocenters. The summed E-state index contributed by atoms with van der Waals surface area (Å²) in [4.78, 5) is 0. The highest BCUT2D eigenvalue weighted by atomic mass is 127. The smallest absolute Gasteiger partial charge is 0.205 e. The molecule has 77 valence electrons. The van der Waals surface area contributed by atoms with Crippen LogP contribution >= 0.6 is 22.6 Å². The minimum Gasteiger partial charge on any atom is -0.490 e. The van der Waals surface area contributed by atoms with Gasteiger partial charge in [0.15, 0.2) is 0 Å². The minimum absolute atomic E-state index is 0.580. The van der Waals surface area contributed by atoms with Gasteiger partial charge in [-0.05, 0) is 47.8 Å². The average molecular weight is 321 g/mol.